The van der Waals surface area contributed by atoms with Crippen molar-refractivity contribution in [3.8, 4) is 0 Å². The summed E-state index contributed by atoms with van der Waals surface area (Å²) in [5, 5.41) is 5.57. The Hall–Kier alpha value is -1.38. The van der Waals surface area contributed by atoms with Crippen molar-refractivity contribution in [3.05, 3.63) is 82.9 Å². The molecule has 1 fully saturated rings. The zero-order chi connectivity index (χ0) is 21.5. The third kappa shape index (κ3) is 5.86. The van der Waals surface area contributed by atoms with Gasteiger partial charge in [-0.2, -0.15) is 24.3 Å². The number of fused-ring (bicyclic) bond motifs is 2. The second-order valence-corrected chi connectivity index (χ2v) is 12.2. The van der Waals surface area contributed by atoms with Crippen LogP contribution < -0.4 is 0 Å². The van der Waals surface area contributed by atoms with Gasteiger partial charge in [-0.15, -0.1) is 56.9 Å². The molecule has 0 spiro atoms. The van der Waals surface area contributed by atoms with Gasteiger partial charge in [0.15, 0.2) is 0 Å². The zero-order valence-electron chi connectivity index (χ0n) is 18.8. The fraction of sp³-hybridized carbons (Fsp3) is 0.321. The molecule has 0 bridgehead atoms. The Morgan fingerprint density at radius 3 is 1.57 bits per heavy atom. The molecule has 30 heavy (non-hydrogen) atoms. The summed E-state index contributed by atoms with van der Waals surface area (Å²) in [4.78, 5) is 0. The van der Waals surface area contributed by atoms with Gasteiger partial charge in [-0.05, 0) is 13.8 Å². The van der Waals surface area contributed by atoms with Crippen molar-refractivity contribution in [2.45, 2.75) is 53.4 Å². The number of rotatable bonds is 1. The summed E-state index contributed by atoms with van der Waals surface area (Å²) < 4.78 is 0. The fourth-order valence-corrected chi connectivity index (χ4v) is 7.43. The first kappa shape index (κ1) is 23.3. The summed E-state index contributed by atoms with van der Waals surface area (Å²) in [5.41, 5.74) is 8.04. The van der Waals surface area contributed by atoms with E-state index in [1.54, 1.807) is 0 Å². The first-order valence-corrected chi connectivity index (χ1v) is 17.5. The van der Waals surface area contributed by atoms with Crippen molar-refractivity contribution < 1.29 is 23.0 Å². The molecule has 1 saturated carbocycles. The van der Waals surface area contributed by atoms with Crippen LogP contribution in [0.15, 0.2) is 60.7 Å². The normalized spacial score (nSPS) is 13.4. The Morgan fingerprint density at radius 2 is 1.17 bits per heavy atom. The van der Waals surface area contributed by atoms with Gasteiger partial charge in [-0.25, -0.2) is 0 Å². The molecule has 0 unspecified atom stereocenters. The van der Waals surface area contributed by atoms with Gasteiger partial charge in [0.25, 0.3) is 0 Å². The zero-order valence-corrected chi connectivity index (χ0v) is 23.3. The van der Waals surface area contributed by atoms with Crippen molar-refractivity contribution in [1.82, 2.24) is 0 Å². The maximum absolute atomic E-state index is 2.55. The predicted octanol–water partition coefficient (Wildman–Crippen LogP) is 7.50. The monoisotopic (exact) mass is 576 g/mol. The van der Waals surface area contributed by atoms with E-state index in [2.05, 4.69) is 94.0 Å². The van der Waals surface area contributed by atoms with Gasteiger partial charge >= 0.3 is 66.1 Å². The van der Waals surface area contributed by atoms with Crippen LogP contribution in [0.25, 0.3) is 21.5 Å². The molecule has 0 N–H and O–H groups in total. The molecule has 0 radical (unpaired) electrons. The van der Waals surface area contributed by atoms with Crippen molar-refractivity contribution >= 4 is 33.0 Å². The first-order chi connectivity index (χ1) is 14.5. The molecule has 0 aliphatic heterocycles. The Bertz CT molecular complexity index is 998. The van der Waals surface area contributed by atoms with Crippen LogP contribution in [0.4, 0.5) is 0 Å². The van der Waals surface area contributed by atoms with Crippen LogP contribution in [0.2, 0.25) is 0 Å². The SMILES string of the molecule is Cc1ccc(C)c2[cH-]ccc12.Cc1ccc(C)c2[cH-]ccc12.[Hf+2]=[Si]=CC1CCCC1. The summed E-state index contributed by atoms with van der Waals surface area (Å²) in [6.07, 6.45) is 5.98. The van der Waals surface area contributed by atoms with Crippen LogP contribution in [0.1, 0.15) is 47.9 Å². The molecule has 0 heterocycles. The van der Waals surface area contributed by atoms with Crippen LogP contribution in [0, 0.1) is 33.6 Å². The molecule has 5 rings (SSSR count). The molecule has 152 valence electrons. The summed E-state index contributed by atoms with van der Waals surface area (Å²) in [5.74, 6) is 2.24. The molecular weight excluding hydrogens is 543 g/mol. The van der Waals surface area contributed by atoms with Gasteiger partial charge in [-0.3, -0.25) is 0 Å². The van der Waals surface area contributed by atoms with E-state index in [4.69, 9.17) is 0 Å². The topological polar surface area (TPSA) is 0 Å². The van der Waals surface area contributed by atoms with E-state index in [9.17, 15) is 0 Å². The van der Waals surface area contributed by atoms with Crippen LogP contribution in [-0.4, -0.2) is 11.5 Å². The second-order valence-electron chi connectivity index (χ2n) is 8.46. The molecule has 0 nitrogen and oxygen atoms in total. The third-order valence-electron chi connectivity index (χ3n) is 6.22. The standard InChI is InChI=1S/2C11H11.C6H10Si.Hf/c2*1-8-6-7-9(2)11-5-3-4-10(8)11;7-5-6-3-1-2-4-6;/h2*3-7H,1-2H3;5-6H,1-4H2;/q2*-1;;+2. The molecule has 0 atom stereocenters. The molecule has 1 aliphatic carbocycles. The van der Waals surface area contributed by atoms with Gasteiger partial charge in [0.1, 0.15) is 0 Å². The molecule has 0 saturated heterocycles. The molecule has 4 aromatic carbocycles. The summed E-state index contributed by atoms with van der Waals surface area (Å²) in [6.45, 7) is 8.62. The van der Waals surface area contributed by atoms with Crippen molar-refractivity contribution in [1.29, 1.82) is 0 Å². The van der Waals surface area contributed by atoms with E-state index in [-0.39, 0.29) is 0 Å². The number of hydrogen-bond donors (Lipinski definition) is 0. The first-order valence-electron chi connectivity index (χ1n) is 11.0. The molecule has 0 amide bonds. The Balaban J connectivity index is 0.000000130. The molecule has 1 aliphatic rings. The van der Waals surface area contributed by atoms with Gasteiger partial charge in [-0.1, -0.05) is 37.1 Å². The minimum atomic E-state index is 1.03. The molecular formula is C28H32HfSi. The minimum absolute atomic E-state index is 1.03. The number of aryl methyl sites for hydroxylation is 4. The Morgan fingerprint density at radius 1 is 0.733 bits per heavy atom. The predicted molar refractivity (Wildman–Crippen MR) is 132 cm³/mol. The van der Waals surface area contributed by atoms with Gasteiger partial charge < -0.3 is 0 Å². The quantitative estimate of drug-likeness (QED) is 0.163. The third-order valence-corrected chi connectivity index (χ3v) is 8.65. The van der Waals surface area contributed by atoms with Gasteiger partial charge in [0.05, 0.1) is 0 Å². The molecule has 0 aromatic heterocycles. The number of benzene rings is 2. The fourth-order valence-electron chi connectivity index (χ4n) is 4.32. The average molecular weight is 575 g/mol. The van der Waals surface area contributed by atoms with E-state index in [0.29, 0.717) is 0 Å². The van der Waals surface area contributed by atoms with Crippen molar-refractivity contribution in [2.75, 3.05) is 0 Å². The van der Waals surface area contributed by atoms with E-state index in [1.807, 2.05) is 0 Å². The van der Waals surface area contributed by atoms with Crippen LogP contribution in [-0.2, 0) is 23.0 Å². The van der Waals surface area contributed by atoms with E-state index in [1.165, 1.54) is 98.3 Å². The van der Waals surface area contributed by atoms with Gasteiger partial charge in [0.2, 0.25) is 0 Å². The van der Waals surface area contributed by atoms with E-state index >= 15 is 0 Å². The van der Waals surface area contributed by atoms with Gasteiger partial charge in [0, 0.05) is 0 Å². The van der Waals surface area contributed by atoms with Crippen molar-refractivity contribution in [2.24, 2.45) is 5.92 Å². The van der Waals surface area contributed by atoms with Crippen LogP contribution in [0.3, 0.4) is 0 Å². The Kier molecular flexibility index (Phi) is 8.77. The summed E-state index contributed by atoms with van der Waals surface area (Å²) in [6, 6.07) is 21.7. The summed E-state index contributed by atoms with van der Waals surface area (Å²) >= 11 is 1.40. The van der Waals surface area contributed by atoms with E-state index in [0.717, 1.165) is 5.92 Å². The molecule has 2 heteroatoms. The van der Waals surface area contributed by atoms with Crippen LogP contribution >= 0.6 is 0 Å². The molecule has 4 aromatic rings. The van der Waals surface area contributed by atoms with Crippen LogP contribution in [0.5, 0.6) is 0 Å². The second kappa shape index (κ2) is 11.3. The van der Waals surface area contributed by atoms with Crippen molar-refractivity contribution in [3.63, 3.8) is 0 Å². The number of hydrogen-bond acceptors (Lipinski definition) is 0. The Labute approximate surface area is 197 Å². The van der Waals surface area contributed by atoms with E-state index < -0.39 is 0 Å². The maximum atomic E-state index is 2.55. The summed E-state index contributed by atoms with van der Waals surface area (Å²) in [7, 11) is 0. The average Bonchev–Trinajstić information content (AvgIpc) is 3.50.